The number of hydrogen-bond donors (Lipinski definition) is 1. The van der Waals surface area contributed by atoms with Crippen LogP contribution in [0.2, 0.25) is 0 Å². The van der Waals surface area contributed by atoms with Crippen LogP contribution in [-0.2, 0) is 11.2 Å². The Morgan fingerprint density at radius 1 is 1.33 bits per heavy atom. The lowest BCUT2D eigenvalue weighted by atomic mass is 10.1. The molecule has 1 aliphatic rings. The van der Waals surface area contributed by atoms with Gasteiger partial charge in [-0.05, 0) is 44.5 Å². The van der Waals surface area contributed by atoms with Gasteiger partial charge < -0.3 is 15.0 Å². The normalized spacial score (nSPS) is 15.3. The standard InChI is InChI=1S/C16H24N2O2.ClH/c1-13(2)20-15-6-3-5-14(11-15)12-16(19)18-9-4-7-17-8-10-18;/h3,5-6,11,13,17H,4,7-10,12H2,1-2H3;1H. The van der Waals surface area contributed by atoms with Crippen LogP contribution >= 0.6 is 12.4 Å². The highest BCUT2D eigenvalue weighted by molar-refractivity contribution is 5.85. The predicted molar refractivity (Wildman–Crippen MR) is 87.2 cm³/mol. The van der Waals surface area contributed by atoms with Gasteiger partial charge in [-0.1, -0.05) is 12.1 Å². The minimum Gasteiger partial charge on any atom is -0.491 e. The van der Waals surface area contributed by atoms with E-state index in [0.29, 0.717) is 6.42 Å². The van der Waals surface area contributed by atoms with Crippen molar-refractivity contribution in [3.63, 3.8) is 0 Å². The molecule has 1 fully saturated rings. The molecule has 0 saturated carbocycles. The molecule has 1 saturated heterocycles. The van der Waals surface area contributed by atoms with E-state index in [1.807, 2.05) is 43.0 Å². The molecule has 4 nitrogen and oxygen atoms in total. The van der Waals surface area contributed by atoms with Gasteiger partial charge in [-0.2, -0.15) is 0 Å². The molecular weight excluding hydrogens is 288 g/mol. The van der Waals surface area contributed by atoms with Crippen molar-refractivity contribution >= 4 is 18.3 Å². The van der Waals surface area contributed by atoms with Crippen molar-refractivity contribution in [2.24, 2.45) is 0 Å². The quantitative estimate of drug-likeness (QED) is 0.927. The number of carbonyl (C=O) groups excluding carboxylic acids is 1. The summed E-state index contributed by atoms with van der Waals surface area (Å²) in [5.74, 6) is 1.04. The Balaban J connectivity index is 0.00000220. The molecule has 1 heterocycles. The Morgan fingerprint density at radius 3 is 2.90 bits per heavy atom. The molecule has 0 spiro atoms. The first-order valence-corrected chi connectivity index (χ1v) is 7.39. The Kier molecular flexibility index (Phi) is 7.54. The largest absolute Gasteiger partial charge is 0.491 e. The summed E-state index contributed by atoms with van der Waals surface area (Å²) in [5, 5.41) is 3.31. The van der Waals surface area contributed by atoms with Gasteiger partial charge in [0.2, 0.25) is 5.91 Å². The fraction of sp³-hybridized carbons (Fsp3) is 0.562. The molecule has 0 bridgehead atoms. The third-order valence-corrected chi connectivity index (χ3v) is 3.32. The molecule has 5 heteroatoms. The van der Waals surface area contributed by atoms with Gasteiger partial charge in [0, 0.05) is 19.6 Å². The summed E-state index contributed by atoms with van der Waals surface area (Å²) >= 11 is 0. The van der Waals surface area contributed by atoms with Gasteiger partial charge in [-0.15, -0.1) is 12.4 Å². The van der Waals surface area contributed by atoms with Crippen molar-refractivity contribution in [2.75, 3.05) is 26.2 Å². The topological polar surface area (TPSA) is 41.6 Å². The number of ether oxygens (including phenoxy) is 1. The summed E-state index contributed by atoms with van der Waals surface area (Å²) in [6.45, 7) is 7.56. The fourth-order valence-corrected chi connectivity index (χ4v) is 2.38. The molecule has 1 aromatic carbocycles. The number of nitrogens with one attached hydrogen (secondary N) is 1. The van der Waals surface area contributed by atoms with Crippen LogP contribution in [0.1, 0.15) is 25.8 Å². The van der Waals surface area contributed by atoms with E-state index < -0.39 is 0 Å². The second-order valence-corrected chi connectivity index (χ2v) is 5.48. The minimum atomic E-state index is 0. The van der Waals surface area contributed by atoms with Crippen molar-refractivity contribution < 1.29 is 9.53 Å². The highest BCUT2D eigenvalue weighted by Crippen LogP contribution is 2.16. The zero-order valence-electron chi connectivity index (χ0n) is 12.8. The minimum absolute atomic E-state index is 0. The monoisotopic (exact) mass is 312 g/mol. The third-order valence-electron chi connectivity index (χ3n) is 3.32. The summed E-state index contributed by atoms with van der Waals surface area (Å²) in [4.78, 5) is 14.3. The average Bonchev–Trinajstić information content (AvgIpc) is 2.67. The molecule has 1 aliphatic heterocycles. The zero-order valence-corrected chi connectivity index (χ0v) is 13.6. The summed E-state index contributed by atoms with van der Waals surface area (Å²) in [6, 6.07) is 7.84. The number of amides is 1. The van der Waals surface area contributed by atoms with Crippen LogP contribution in [0.15, 0.2) is 24.3 Å². The molecule has 0 unspecified atom stereocenters. The van der Waals surface area contributed by atoms with Crippen LogP contribution in [0.3, 0.4) is 0 Å². The lowest BCUT2D eigenvalue weighted by Crippen LogP contribution is -2.35. The van der Waals surface area contributed by atoms with Gasteiger partial charge in [0.15, 0.2) is 0 Å². The predicted octanol–water partition coefficient (Wildman–Crippen LogP) is 2.26. The Hall–Kier alpha value is -1.26. The van der Waals surface area contributed by atoms with E-state index in [1.165, 1.54) is 0 Å². The maximum atomic E-state index is 12.3. The van der Waals surface area contributed by atoms with Crippen LogP contribution in [0.5, 0.6) is 5.75 Å². The van der Waals surface area contributed by atoms with Crippen LogP contribution in [0.4, 0.5) is 0 Å². The van der Waals surface area contributed by atoms with Crippen molar-refractivity contribution in [3.8, 4) is 5.75 Å². The second-order valence-electron chi connectivity index (χ2n) is 5.48. The van der Waals surface area contributed by atoms with E-state index in [9.17, 15) is 4.79 Å². The number of benzene rings is 1. The SMILES string of the molecule is CC(C)Oc1cccc(CC(=O)N2CCCNCC2)c1.Cl. The van der Waals surface area contributed by atoms with E-state index in [2.05, 4.69) is 5.32 Å². The molecule has 118 valence electrons. The smallest absolute Gasteiger partial charge is 0.227 e. The first-order valence-electron chi connectivity index (χ1n) is 7.39. The Bertz CT molecular complexity index is 444. The molecular formula is C16H25ClN2O2. The number of nitrogens with zero attached hydrogens (tertiary/aromatic N) is 1. The average molecular weight is 313 g/mol. The lowest BCUT2D eigenvalue weighted by Gasteiger charge is -2.20. The van der Waals surface area contributed by atoms with E-state index >= 15 is 0 Å². The molecule has 0 aliphatic carbocycles. The van der Waals surface area contributed by atoms with Gasteiger partial charge in [-0.3, -0.25) is 4.79 Å². The summed E-state index contributed by atoms with van der Waals surface area (Å²) in [7, 11) is 0. The molecule has 1 aromatic rings. The molecule has 21 heavy (non-hydrogen) atoms. The molecule has 1 amide bonds. The van der Waals surface area contributed by atoms with Crippen molar-refractivity contribution in [2.45, 2.75) is 32.8 Å². The number of carbonyl (C=O) groups is 1. The molecule has 0 atom stereocenters. The summed E-state index contributed by atoms with van der Waals surface area (Å²) < 4.78 is 5.67. The number of halogens is 1. The summed E-state index contributed by atoms with van der Waals surface area (Å²) in [5.41, 5.74) is 1.02. The van der Waals surface area contributed by atoms with E-state index in [0.717, 1.165) is 43.9 Å². The summed E-state index contributed by atoms with van der Waals surface area (Å²) in [6.07, 6.45) is 1.63. The zero-order chi connectivity index (χ0) is 14.4. The van der Waals surface area contributed by atoms with Gasteiger partial charge in [0.1, 0.15) is 5.75 Å². The van der Waals surface area contributed by atoms with Gasteiger partial charge >= 0.3 is 0 Å². The lowest BCUT2D eigenvalue weighted by molar-refractivity contribution is -0.130. The van der Waals surface area contributed by atoms with Crippen molar-refractivity contribution in [1.29, 1.82) is 0 Å². The van der Waals surface area contributed by atoms with Crippen molar-refractivity contribution in [3.05, 3.63) is 29.8 Å². The van der Waals surface area contributed by atoms with Gasteiger partial charge in [0.05, 0.1) is 12.5 Å². The van der Waals surface area contributed by atoms with Crippen LogP contribution in [0.25, 0.3) is 0 Å². The third kappa shape index (κ3) is 5.94. The molecule has 1 N–H and O–H groups in total. The molecule has 2 rings (SSSR count). The van der Waals surface area contributed by atoms with Crippen LogP contribution in [0, 0.1) is 0 Å². The van der Waals surface area contributed by atoms with Crippen LogP contribution < -0.4 is 10.1 Å². The van der Waals surface area contributed by atoms with E-state index in [-0.39, 0.29) is 24.4 Å². The number of rotatable bonds is 4. The maximum absolute atomic E-state index is 12.3. The van der Waals surface area contributed by atoms with E-state index in [1.54, 1.807) is 0 Å². The first-order chi connectivity index (χ1) is 9.65. The first kappa shape index (κ1) is 17.8. The molecule has 0 radical (unpaired) electrons. The Labute approximate surface area is 133 Å². The second kappa shape index (κ2) is 8.90. The fourth-order valence-electron chi connectivity index (χ4n) is 2.38. The van der Waals surface area contributed by atoms with Crippen molar-refractivity contribution in [1.82, 2.24) is 10.2 Å². The molecule has 0 aromatic heterocycles. The van der Waals surface area contributed by atoms with E-state index in [4.69, 9.17) is 4.74 Å². The van der Waals surface area contributed by atoms with Gasteiger partial charge in [-0.25, -0.2) is 0 Å². The maximum Gasteiger partial charge on any atom is 0.227 e. The van der Waals surface area contributed by atoms with Crippen LogP contribution in [-0.4, -0.2) is 43.1 Å². The van der Waals surface area contributed by atoms with Gasteiger partial charge in [0.25, 0.3) is 0 Å². The Morgan fingerprint density at radius 2 is 2.14 bits per heavy atom. The highest BCUT2D eigenvalue weighted by atomic mass is 35.5. The number of hydrogen-bond acceptors (Lipinski definition) is 3. The highest BCUT2D eigenvalue weighted by Gasteiger charge is 2.15.